The highest BCUT2D eigenvalue weighted by atomic mass is 35.5. The third-order valence-electron chi connectivity index (χ3n) is 4.60. The van der Waals surface area contributed by atoms with Crippen LogP contribution >= 0.6 is 19.7 Å². The number of hydrogen-bond acceptors (Lipinski definition) is 0. The maximum absolute atomic E-state index is 2.38. The maximum atomic E-state index is 2.38. The third kappa shape index (κ3) is 7.98. The number of aryl methyl sites for hydroxylation is 1. The fourth-order valence-electron chi connectivity index (χ4n) is 3.13. The first-order valence-electron chi connectivity index (χ1n) is 9.06. The first-order chi connectivity index (χ1) is 10.2. The van der Waals surface area contributed by atoms with Crippen molar-refractivity contribution in [1.82, 2.24) is 0 Å². The van der Waals surface area contributed by atoms with Crippen molar-refractivity contribution < 1.29 is 0 Å². The fourth-order valence-corrected chi connectivity index (χ4v) is 8.23. The summed E-state index contributed by atoms with van der Waals surface area (Å²) in [5, 5.41) is 0. The minimum absolute atomic E-state index is 0. The number of benzene rings is 1. The molecule has 0 aliphatic rings. The van der Waals surface area contributed by atoms with Crippen LogP contribution < -0.4 is 0 Å². The van der Waals surface area contributed by atoms with Crippen molar-refractivity contribution >= 4 is 19.7 Å². The second kappa shape index (κ2) is 12.4. The minimum atomic E-state index is -0.783. The third-order valence-corrected chi connectivity index (χ3v) is 9.43. The maximum Gasteiger partial charge on any atom is 0.0842 e. The van der Waals surface area contributed by atoms with Gasteiger partial charge in [-0.25, -0.2) is 0 Å². The van der Waals surface area contributed by atoms with Crippen molar-refractivity contribution in [2.24, 2.45) is 0 Å². The van der Waals surface area contributed by atoms with Gasteiger partial charge >= 0.3 is 0 Å². The Balaban J connectivity index is 0.00000441. The highest BCUT2D eigenvalue weighted by Crippen LogP contribution is 2.63. The average Bonchev–Trinajstić information content (AvgIpc) is 2.51. The lowest BCUT2D eigenvalue weighted by atomic mass is 10.2. The Morgan fingerprint density at radius 1 is 0.727 bits per heavy atom. The largest absolute Gasteiger partial charge is 0.147 e. The quantitative estimate of drug-likeness (QED) is 0.369. The number of hydrogen-bond donors (Lipinski definition) is 0. The highest BCUT2D eigenvalue weighted by molar-refractivity contribution is 7.75. The van der Waals surface area contributed by atoms with E-state index in [-0.39, 0.29) is 12.4 Å². The van der Waals surface area contributed by atoms with E-state index in [4.69, 9.17) is 0 Å². The zero-order chi connectivity index (χ0) is 15.6. The Labute approximate surface area is 146 Å². The lowest BCUT2D eigenvalue weighted by Gasteiger charge is -2.28. The molecule has 0 bridgehead atoms. The molecule has 0 spiro atoms. The van der Waals surface area contributed by atoms with E-state index >= 15 is 0 Å². The molecule has 1 rings (SSSR count). The number of rotatable bonds is 11. The Kier molecular flexibility index (Phi) is 12.3. The normalized spacial score (nSPS) is 11.3. The van der Waals surface area contributed by atoms with E-state index in [1.165, 1.54) is 68.7 Å². The van der Waals surface area contributed by atoms with E-state index in [1.807, 2.05) is 0 Å². The molecule has 22 heavy (non-hydrogen) atoms. The summed E-state index contributed by atoms with van der Waals surface area (Å²) in [6.07, 6.45) is 14.3. The molecule has 1 aromatic carbocycles. The van der Waals surface area contributed by atoms with Crippen LogP contribution in [0.5, 0.6) is 0 Å². The summed E-state index contributed by atoms with van der Waals surface area (Å²) in [5.74, 6) is 0. The molecule has 0 unspecified atom stereocenters. The molecule has 128 valence electrons. The van der Waals surface area contributed by atoms with Gasteiger partial charge in [0.05, 0.1) is 24.6 Å². The molecule has 1 aromatic rings. The van der Waals surface area contributed by atoms with Gasteiger partial charge in [0, 0.05) is 7.26 Å². The average molecular weight is 344 g/mol. The van der Waals surface area contributed by atoms with Gasteiger partial charge in [-0.05, 0) is 31.7 Å². The summed E-state index contributed by atoms with van der Waals surface area (Å²) in [5.41, 5.74) is 2.98. The Bertz CT molecular complexity index is 350. The van der Waals surface area contributed by atoms with Crippen LogP contribution in [-0.4, -0.2) is 18.5 Å². The van der Waals surface area contributed by atoms with Crippen LogP contribution in [0.1, 0.15) is 70.4 Å². The van der Waals surface area contributed by atoms with Crippen LogP contribution in [0, 0.1) is 6.92 Å². The van der Waals surface area contributed by atoms with Gasteiger partial charge in [0.25, 0.3) is 0 Å². The molecule has 0 nitrogen and oxygen atoms in total. The number of halogens is 1. The Hall–Kier alpha value is -0.0600. The van der Waals surface area contributed by atoms with Crippen LogP contribution in [0.3, 0.4) is 0 Å². The standard InChI is InChI=1S/C20H36P.ClH/c1-5-8-15-21(16-9-6-2,17-10-7-3)18-20-13-11-19(4)12-14-20;/h11-14H,5-10,15-18H2,1-4H3;1H/q+1;. The molecular weight excluding hydrogens is 307 g/mol. The predicted molar refractivity (Wildman–Crippen MR) is 108 cm³/mol. The van der Waals surface area contributed by atoms with Crippen molar-refractivity contribution in [1.29, 1.82) is 0 Å². The monoisotopic (exact) mass is 343 g/mol. The van der Waals surface area contributed by atoms with Crippen LogP contribution in [0.15, 0.2) is 24.3 Å². The van der Waals surface area contributed by atoms with Crippen LogP contribution in [-0.2, 0) is 6.16 Å². The highest BCUT2D eigenvalue weighted by Gasteiger charge is 2.35. The number of unbranched alkanes of at least 4 members (excludes halogenated alkanes) is 3. The van der Waals surface area contributed by atoms with E-state index in [0.717, 1.165) is 0 Å². The SMILES string of the molecule is CCCC[P+](CCCC)(CCCC)Cc1ccc(C)cc1.Cl. The van der Waals surface area contributed by atoms with E-state index in [0.29, 0.717) is 0 Å². The lowest BCUT2D eigenvalue weighted by molar-refractivity contribution is 0.832. The second-order valence-electron chi connectivity index (χ2n) is 6.72. The van der Waals surface area contributed by atoms with Gasteiger partial charge in [0.1, 0.15) is 0 Å². The first kappa shape index (κ1) is 21.9. The molecule has 0 radical (unpaired) electrons. The van der Waals surface area contributed by atoms with Gasteiger partial charge in [0.15, 0.2) is 0 Å². The molecule has 0 saturated heterocycles. The molecular formula is C20H37ClP+. The lowest BCUT2D eigenvalue weighted by Crippen LogP contribution is -2.11. The van der Waals surface area contributed by atoms with Gasteiger partial charge in [-0.3, -0.25) is 0 Å². The van der Waals surface area contributed by atoms with Gasteiger partial charge < -0.3 is 0 Å². The van der Waals surface area contributed by atoms with E-state index in [9.17, 15) is 0 Å². The molecule has 0 aliphatic heterocycles. The fraction of sp³-hybridized carbons (Fsp3) is 0.700. The zero-order valence-electron chi connectivity index (χ0n) is 15.2. The predicted octanol–water partition coefficient (Wildman–Crippen LogP) is 7.33. The van der Waals surface area contributed by atoms with Gasteiger partial charge in [0.2, 0.25) is 0 Å². The van der Waals surface area contributed by atoms with Crippen LogP contribution in [0.25, 0.3) is 0 Å². The smallest absolute Gasteiger partial charge is 0.0842 e. The van der Waals surface area contributed by atoms with Crippen LogP contribution in [0.4, 0.5) is 0 Å². The van der Waals surface area contributed by atoms with Crippen LogP contribution in [0.2, 0.25) is 0 Å². The molecule has 0 N–H and O–H groups in total. The molecule has 0 aromatic heterocycles. The molecule has 0 amide bonds. The van der Waals surface area contributed by atoms with Crippen molar-refractivity contribution in [2.75, 3.05) is 18.5 Å². The van der Waals surface area contributed by atoms with Crippen molar-refractivity contribution in [2.45, 2.75) is 72.4 Å². The second-order valence-corrected chi connectivity index (χ2v) is 11.1. The first-order valence-corrected chi connectivity index (χ1v) is 11.6. The van der Waals surface area contributed by atoms with Crippen molar-refractivity contribution in [3.05, 3.63) is 35.4 Å². The van der Waals surface area contributed by atoms with E-state index in [2.05, 4.69) is 52.0 Å². The molecule has 2 heteroatoms. The van der Waals surface area contributed by atoms with E-state index < -0.39 is 7.26 Å². The summed E-state index contributed by atoms with van der Waals surface area (Å²) >= 11 is 0. The summed E-state index contributed by atoms with van der Waals surface area (Å²) in [6, 6.07) is 9.36. The summed E-state index contributed by atoms with van der Waals surface area (Å²) in [7, 11) is -0.783. The Morgan fingerprint density at radius 2 is 1.14 bits per heavy atom. The summed E-state index contributed by atoms with van der Waals surface area (Å²) in [6.45, 7) is 9.23. The van der Waals surface area contributed by atoms with E-state index in [1.54, 1.807) is 5.56 Å². The topological polar surface area (TPSA) is 0 Å². The molecule has 0 aliphatic carbocycles. The van der Waals surface area contributed by atoms with Crippen molar-refractivity contribution in [3.63, 3.8) is 0 Å². The van der Waals surface area contributed by atoms with Gasteiger partial charge in [-0.2, -0.15) is 0 Å². The molecule has 0 atom stereocenters. The van der Waals surface area contributed by atoms with Crippen molar-refractivity contribution in [3.8, 4) is 0 Å². The van der Waals surface area contributed by atoms with Gasteiger partial charge in [-0.1, -0.05) is 69.9 Å². The molecule has 0 heterocycles. The minimum Gasteiger partial charge on any atom is -0.147 e. The molecule has 0 saturated carbocycles. The summed E-state index contributed by atoms with van der Waals surface area (Å²) in [4.78, 5) is 0. The Morgan fingerprint density at radius 3 is 1.50 bits per heavy atom. The summed E-state index contributed by atoms with van der Waals surface area (Å²) < 4.78 is 0. The van der Waals surface area contributed by atoms with Gasteiger partial charge in [-0.15, -0.1) is 12.4 Å². The zero-order valence-corrected chi connectivity index (χ0v) is 16.9. The molecule has 0 fully saturated rings.